The van der Waals surface area contributed by atoms with Crippen LogP contribution in [-0.2, 0) is 20.7 Å². The average Bonchev–Trinajstić information content (AvgIpc) is 2.83. The van der Waals surface area contributed by atoms with Gasteiger partial charge in [-0.05, 0) is 69.2 Å². The minimum atomic E-state index is -0.973. The number of carboxylic acid groups (broad SMARTS) is 1. The van der Waals surface area contributed by atoms with Gasteiger partial charge in [-0.2, -0.15) is 0 Å². The van der Waals surface area contributed by atoms with Crippen LogP contribution in [0.25, 0.3) is 0 Å². The van der Waals surface area contributed by atoms with Gasteiger partial charge < -0.3 is 24.2 Å². The maximum Gasteiger partial charge on any atom is 0.410 e. The highest BCUT2D eigenvalue weighted by Gasteiger charge is 2.18. The third-order valence-electron chi connectivity index (χ3n) is 5.05. The van der Waals surface area contributed by atoms with Crippen LogP contribution in [0.3, 0.4) is 0 Å². The van der Waals surface area contributed by atoms with Crippen LogP contribution in [0.4, 0.5) is 4.79 Å². The standard InChI is InChI=1S/C27H37NO6S/c1-4-32-25(26(29)30)20-22-12-14-23(15-13-22)33-18-17-28(27(31)34-21(2)3)16-8-9-19-35-24-10-6-5-7-11-24/h5-7,10-15,21,25H,4,8-9,16-20H2,1-3H3,(H,29,30). The van der Waals surface area contributed by atoms with E-state index in [0.29, 0.717) is 38.5 Å². The molecule has 2 aromatic rings. The second-order valence-corrected chi connectivity index (χ2v) is 9.44. The van der Waals surface area contributed by atoms with Crippen LogP contribution in [0.1, 0.15) is 39.2 Å². The van der Waals surface area contributed by atoms with Crippen LogP contribution < -0.4 is 4.74 Å². The Bertz CT molecular complexity index is 875. The number of unbranched alkanes of at least 4 members (excludes halogenated alkanes) is 1. The molecule has 1 atom stereocenters. The Morgan fingerprint density at radius 2 is 1.71 bits per heavy atom. The van der Waals surface area contributed by atoms with Crippen LogP contribution in [0, 0.1) is 0 Å². The highest BCUT2D eigenvalue weighted by molar-refractivity contribution is 7.99. The number of carboxylic acids is 1. The van der Waals surface area contributed by atoms with Gasteiger partial charge in [-0.25, -0.2) is 9.59 Å². The molecule has 2 rings (SSSR count). The van der Waals surface area contributed by atoms with Gasteiger partial charge in [0.15, 0.2) is 6.10 Å². The largest absolute Gasteiger partial charge is 0.492 e. The molecule has 1 amide bonds. The number of hydrogen-bond acceptors (Lipinski definition) is 6. The van der Waals surface area contributed by atoms with Crippen molar-refractivity contribution < 1.29 is 28.9 Å². The fourth-order valence-electron chi connectivity index (χ4n) is 3.31. The normalized spacial score (nSPS) is 11.8. The third-order valence-corrected chi connectivity index (χ3v) is 6.14. The Morgan fingerprint density at radius 1 is 1.00 bits per heavy atom. The molecule has 0 radical (unpaired) electrons. The first-order valence-corrected chi connectivity index (χ1v) is 13.1. The van der Waals surface area contributed by atoms with Crippen molar-refractivity contribution in [3.05, 3.63) is 60.2 Å². The summed E-state index contributed by atoms with van der Waals surface area (Å²) < 4.78 is 16.5. The topological polar surface area (TPSA) is 85.3 Å². The van der Waals surface area contributed by atoms with Gasteiger partial charge in [-0.1, -0.05) is 30.3 Å². The summed E-state index contributed by atoms with van der Waals surface area (Å²) in [6.07, 6.45) is 0.793. The molecule has 0 bridgehead atoms. The molecule has 7 nitrogen and oxygen atoms in total. The zero-order chi connectivity index (χ0) is 25.5. The van der Waals surface area contributed by atoms with Gasteiger partial charge in [0.25, 0.3) is 0 Å². The second kappa shape index (κ2) is 16.1. The molecule has 0 aromatic heterocycles. The molecule has 1 unspecified atom stereocenters. The Kier molecular flexibility index (Phi) is 13.1. The molecule has 2 aromatic carbocycles. The number of ether oxygens (including phenoxy) is 3. The quantitative estimate of drug-likeness (QED) is 0.239. The van der Waals surface area contributed by atoms with Gasteiger partial charge in [0, 0.05) is 24.5 Å². The lowest BCUT2D eigenvalue weighted by molar-refractivity contribution is -0.149. The van der Waals surface area contributed by atoms with Crippen molar-refractivity contribution in [1.82, 2.24) is 4.90 Å². The molecular formula is C27H37NO6S. The molecule has 0 spiro atoms. The van der Waals surface area contributed by atoms with Crippen molar-refractivity contribution in [2.75, 3.05) is 32.1 Å². The van der Waals surface area contributed by atoms with E-state index in [1.807, 2.05) is 55.9 Å². The van der Waals surface area contributed by atoms with Crippen LogP contribution in [0.2, 0.25) is 0 Å². The van der Waals surface area contributed by atoms with E-state index < -0.39 is 12.1 Å². The SMILES string of the molecule is CCOC(Cc1ccc(OCCN(CCCCSc2ccccc2)C(=O)OC(C)C)cc1)C(=O)O. The fraction of sp³-hybridized carbons (Fsp3) is 0.481. The summed E-state index contributed by atoms with van der Waals surface area (Å²) in [4.78, 5) is 26.7. The predicted octanol–water partition coefficient (Wildman–Crippen LogP) is 5.52. The van der Waals surface area contributed by atoms with E-state index in [2.05, 4.69) is 12.1 Å². The monoisotopic (exact) mass is 503 g/mol. The van der Waals surface area contributed by atoms with Crippen LogP contribution >= 0.6 is 11.8 Å². The lowest BCUT2D eigenvalue weighted by Crippen LogP contribution is -2.37. The van der Waals surface area contributed by atoms with Crippen molar-refractivity contribution >= 4 is 23.8 Å². The molecule has 1 N–H and O–H groups in total. The summed E-state index contributed by atoms with van der Waals surface area (Å²) in [6, 6.07) is 17.6. The summed E-state index contributed by atoms with van der Waals surface area (Å²) in [5, 5.41) is 9.24. The van der Waals surface area contributed by atoms with Crippen LogP contribution in [0.5, 0.6) is 5.75 Å². The highest BCUT2D eigenvalue weighted by atomic mass is 32.2. The molecule has 0 aliphatic heterocycles. The van der Waals surface area contributed by atoms with E-state index in [0.717, 1.165) is 24.2 Å². The maximum absolute atomic E-state index is 12.5. The number of hydrogen-bond donors (Lipinski definition) is 1. The van der Waals surface area contributed by atoms with Crippen molar-refractivity contribution in [2.45, 2.75) is 57.1 Å². The lowest BCUT2D eigenvalue weighted by atomic mass is 10.1. The van der Waals surface area contributed by atoms with E-state index in [9.17, 15) is 14.7 Å². The molecule has 0 saturated carbocycles. The first-order valence-electron chi connectivity index (χ1n) is 12.1. The lowest BCUT2D eigenvalue weighted by Gasteiger charge is -2.23. The number of amides is 1. The zero-order valence-corrected chi connectivity index (χ0v) is 21.7. The Balaban J connectivity index is 1.79. The molecule has 192 valence electrons. The minimum absolute atomic E-state index is 0.182. The van der Waals surface area contributed by atoms with Crippen molar-refractivity contribution in [3.63, 3.8) is 0 Å². The molecule has 0 saturated heterocycles. The second-order valence-electron chi connectivity index (χ2n) is 8.27. The van der Waals surface area contributed by atoms with E-state index in [4.69, 9.17) is 14.2 Å². The first kappa shape index (κ1) is 28.5. The summed E-state index contributed by atoms with van der Waals surface area (Å²) in [7, 11) is 0. The fourth-order valence-corrected chi connectivity index (χ4v) is 4.24. The Labute approximate surface area is 212 Å². The number of carbonyl (C=O) groups excluding carboxylic acids is 1. The van der Waals surface area contributed by atoms with Gasteiger partial charge in [-0.15, -0.1) is 11.8 Å². The molecule has 0 fully saturated rings. The summed E-state index contributed by atoms with van der Waals surface area (Å²) in [5.41, 5.74) is 0.855. The van der Waals surface area contributed by atoms with Crippen LogP contribution in [-0.4, -0.2) is 66.3 Å². The molecule has 35 heavy (non-hydrogen) atoms. The van der Waals surface area contributed by atoms with Crippen molar-refractivity contribution in [1.29, 1.82) is 0 Å². The number of nitrogens with zero attached hydrogens (tertiary/aromatic N) is 1. The van der Waals surface area contributed by atoms with Gasteiger partial charge in [0.1, 0.15) is 12.4 Å². The molecular weight excluding hydrogens is 466 g/mol. The number of rotatable bonds is 16. The smallest absolute Gasteiger partial charge is 0.410 e. The highest BCUT2D eigenvalue weighted by Crippen LogP contribution is 2.19. The molecule has 0 aliphatic rings. The van der Waals surface area contributed by atoms with E-state index >= 15 is 0 Å². The first-order chi connectivity index (χ1) is 16.9. The zero-order valence-electron chi connectivity index (χ0n) is 20.9. The third kappa shape index (κ3) is 11.5. The summed E-state index contributed by atoms with van der Waals surface area (Å²) in [5.74, 6) is 0.680. The van der Waals surface area contributed by atoms with Gasteiger partial charge >= 0.3 is 12.1 Å². The molecule has 0 heterocycles. The van der Waals surface area contributed by atoms with E-state index in [1.54, 1.807) is 24.0 Å². The minimum Gasteiger partial charge on any atom is -0.492 e. The predicted molar refractivity (Wildman–Crippen MR) is 138 cm³/mol. The Morgan fingerprint density at radius 3 is 2.34 bits per heavy atom. The van der Waals surface area contributed by atoms with Crippen molar-refractivity contribution in [2.24, 2.45) is 0 Å². The molecule has 8 heteroatoms. The number of benzene rings is 2. The summed E-state index contributed by atoms with van der Waals surface area (Å²) in [6.45, 7) is 7.16. The van der Waals surface area contributed by atoms with Crippen molar-refractivity contribution in [3.8, 4) is 5.75 Å². The van der Waals surface area contributed by atoms with Crippen LogP contribution in [0.15, 0.2) is 59.5 Å². The van der Waals surface area contributed by atoms with Gasteiger partial charge in [0.05, 0.1) is 12.6 Å². The van der Waals surface area contributed by atoms with E-state index in [-0.39, 0.29) is 12.2 Å². The summed E-state index contributed by atoms with van der Waals surface area (Å²) >= 11 is 1.82. The van der Waals surface area contributed by atoms with Gasteiger partial charge in [-0.3, -0.25) is 0 Å². The van der Waals surface area contributed by atoms with E-state index in [1.165, 1.54) is 4.90 Å². The maximum atomic E-state index is 12.5. The number of carbonyl (C=O) groups is 2. The molecule has 0 aliphatic carbocycles. The number of thioether (sulfide) groups is 1. The number of aliphatic carboxylic acids is 1. The Hall–Kier alpha value is -2.71. The van der Waals surface area contributed by atoms with Gasteiger partial charge in [0.2, 0.25) is 0 Å². The average molecular weight is 504 g/mol.